The van der Waals surface area contributed by atoms with Crippen LogP contribution in [0.5, 0.6) is 0 Å². The van der Waals surface area contributed by atoms with Crippen LogP contribution in [0.25, 0.3) is 11.0 Å². The predicted molar refractivity (Wildman–Crippen MR) is 71.7 cm³/mol. The van der Waals surface area contributed by atoms with Gasteiger partial charge in [-0.25, -0.2) is 4.98 Å². The molecule has 1 unspecified atom stereocenters. The number of fused-ring (bicyclic) bond motifs is 1. The molecule has 1 heterocycles. The molecule has 2 aromatic rings. The number of rotatable bonds is 4. The van der Waals surface area contributed by atoms with Crippen molar-refractivity contribution in [2.75, 3.05) is 6.61 Å². The van der Waals surface area contributed by atoms with E-state index < -0.39 is 0 Å². The molecule has 0 bridgehead atoms. The highest BCUT2D eigenvalue weighted by atomic mass is 79.9. The number of hydrogen-bond acceptors (Lipinski definition) is 3. The molecule has 0 aliphatic heterocycles. The summed E-state index contributed by atoms with van der Waals surface area (Å²) >= 11 is 3.43. The zero-order valence-electron chi connectivity index (χ0n) is 9.73. The number of halogens is 1. The van der Waals surface area contributed by atoms with E-state index in [0.717, 1.165) is 27.8 Å². The van der Waals surface area contributed by atoms with Gasteiger partial charge in [0.25, 0.3) is 0 Å². The Morgan fingerprint density at radius 3 is 2.94 bits per heavy atom. The van der Waals surface area contributed by atoms with Crippen molar-refractivity contribution in [2.24, 2.45) is 5.73 Å². The quantitative estimate of drug-likeness (QED) is 0.909. The Balaban J connectivity index is 2.61. The first kappa shape index (κ1) is 12.5. The van der Waals surface area contributed by atoms with Crippen molar-refractivity contribution in [1.82, 2.24) is 9.55 Å². The second-order valence-corrected chi connectivity index (χ2v) is 4.91. The van der Waals surface area contributed by atoms with Crippen LogP contribution in [0, 0.1) is 0 Å². The largest absolute Gasteiger partial charge is 0.395 e. The van der Waals surface area contributed by atoms with Crippen molar-refractivity contribution in [3.8, 4) is 0 Å². The Morgan fingerprint density at radius 1 is 1.53 bits per heavy atom. The van der Waals surface area contributed by atoms with Crippen molar-refractivity contribution >= 4 is 27.0 Å². The Bertz CT molecular complexity index is 524. The van der Waals surface area contributed by atoms with Gasteiger partial charge in [0.1, 0.15) is 5.82 Å². The van der Waals surface area contributed by atoms with Crippen LogP contribution in [0.2, 0.25) is 0 Å². The van der Waals surface area contributed by atoms with E-state index in [-0.39, 0.29) is 12.6 Å². The van der Waals surface area contributed by atoms with E-state index in [0.29, 0.717) is 6.54 Å². The van der Waals surface area contributed by atoms with E-state index in [1.54, 1.807) is 0 Å². The molecule has 2 rings (SSSR count). The lowest BCUT2D eigenvalue weighted by Gasteiger charge is -2.11. The van der Waals surface area contributed by atoms with Gasteiger partial charge in [-0.2, -0.15) is 0 Å². The fraction of sp³-hybridized carbons (Fsp3) is 0.417. The van der Waals surface area contributed by atoms with Crippen LogP contribution in [-0.4, -0.2) is 21.3 Å². The number of aliphatic hydroxyl groups excluding tert-OH is 1. The minimum Gasteiger partial charge on any atom is -0.395 e. The molecule has 0 aliphatic rings. The highest BCUT2D eigenvalue weighted by Crippen LogP contribution is 2.24. The van der Waals surface area contributed by atoms with E-state index in [1.807, 2.05) is 29.7 Å². The van der Waals surface area contributed by atoms with Gasteiger partial charge >= 0.3 is 0 Å². The summed E-state index contributed by atoms with van der Waals surface area (Å²) in [6, 6.07) is 5.84. The Labute approximate surface area is 109 Å². The number of benzene rings is 1. The summed E-state index contributed by atoms with van der Waals surface area (Å²) in [4.78, 5) is 4.56. The first-order chi connectivity index (χ1) is 8.17. The van der Waals surface area contributed by atoms with Crippen molar-refractivity contribution in [2.45, 2.75) is 25.9 Å². The van der Waals surface area contributed by atoms with Crippen LogP contribution in [0.1, 0.15) is 25.2 Å². The lowest BCUT2D eigenvalue weighted by atomic mass is 10.2. The summed E-state index contributed by atoms with van der Waals surface area (Å²) in [5.74, 6) is 0.842. The molecule has 1 aromatic heterocycles. The molecule has 0 fully saturated rings. The fourth-order valence-electron chi connectivity index (χ4n) is 1.92. The van der Waals surface area contributed by atoms with E-state index in [1.165, 1.54) is 0 Å². The average Bonchev–Trinajstić information content (AvgIpc) is 2.67. The molecule has 0 saturated heterocycles. The Hall–Kier alpha value is -0.910. The molecule has 5 heteroatoms. The number of hydrogen-bond donors (Lipinski definition) is 2. The van der Waals surface area contributed by atoms with Crippen LogP contribution in [0.15, 0.2) is 22.7 Å². The third-order valence-electron chi connectivity index (χ3n) is 2.83. The molecular weight excluding hydrogens is 282 g/mol. The van der Waals surface area contributed by atoms with Gasteiger partial charge in [0.2, 0.25) is 0 Å². The van der Waals surface area contributed by atoms with Gasteiger partial charge in [-0.1, -0.05) is 22.9 Å². The van der Waals surface area contributed by atoms with Crippen LogP contribution in [0.3, 0.4) is 0 Å². The lowest BCUT2D eigenvalue weighted by molar-refractivity contribution is 0.275. The monoisotopic (exact) mass is 297 g/mol. The SMILES string of the molecule is CCC(N)c1nc2cc(Br)ccc2n1CCO. The summed E-state index contributed by atoms with van der Waals surface area (Å²) < 4.78 is 2.99. The topological polar surface area (TPSA) is 64.1 Å². The Kier molecular flexibility index (Phi) is 3.81. The summed E-state index contributed by atoms with van der Waals surface area (Å²) in [5.41, 5.74) is 7.97. The average molecular weight is 298 g/mol. The first-order valence-corrected chi connectivity index (χ1v) is 6.48. The molecule has 0 spiro atoms. The highest BCUT2D eigenvalue weighted by Gasteiger charge is 2.15. The third kappa shape index (κ3) is 2.36. The van der Waals surface area contributed by atoms with Crippen molar-refractivity contribution < 1.29 is 5.11 Å². The molecule has 17 heavy (non-hydrogen) atoms. The maximum Gasteiger partial charge on any atom is 0.126 e. The van der Waals surface area contributed by atoms with Gasteiger partial charge in [-0.15, -0.1) is 0 Å². The van der Waals surface area contributed by atoms with Crippen LogP contribution < -0.4 is 5.73 Å². The molecule has 1 atom stereocenters. The highest BCUT2D eigenvalue weighted by molar-refractivity contribution is 9.10. The van der Waals surface area contributed by atoms with Gasteiger partial charge in [0, 0.05) is 11.0 Å². The van der Waals surface area contributed by atoms with Gasteiger partial charge in [-0.3, -0.25) is 0 Å². The first-order valence-electron chi connectivity index (χ1n) is 5.69. The summed E-state index contributed by atoms with van der Waals surface area (Å²) in [6.07, 6.45) is 0.829. The molecule has 0 radical (unpaired) electrons. The van der Waals surface area contributed by atoms with Crippen LogP contribution in [0.4, 0.5) is 0 Å². The molecule has 92 valence electrons. The zero-order valence-corrected chi connectivity index (χ0v) is 11.3. The normalized spacial score (nSPS) is 13.2. The number of imidazole rings is 1. The van der Waals surface area contributed by atoms with Gasteiger partial charge in [-0.05, 0) is 24.6 Å². The van der Waals surface area contributed by atoms with Gasteiger partial charge in [0.15, 0.2) is 0 Å². The van der Waals surface area contributed by atoms with Crippen molar-refractivity contribution in [3.63, 3.8) is 0 Å². The third-order valence-corrected chi connectivity index (χ3v) is 3.33. The maximum absolute atomic E-state index is 9.13. The van der Waals surface area contributed by atoms with E-state index in [4.69, 9.17) is 10.8 Å². The van der Waals surface area contributed by atoms with Crippen molar-refractivity contribution in [1.29, 1.82) is 0 Å². The lowest BCUT2D eigenvalue weighted by Crippen LogP contribution is -2.17. The number of aromatic nitrogens is 2. The Morgan fingerprint density at radius 2 is 2.29 bits per heavy atom. The molecule has 0 amide bonds. The van der Waals surface area contributed by atoms with E-state index in [9.17, 15) is 0 Å². The minimum atomic E-state index is -0.0901. The molecule has 4 nitrogen and oxygen atoms in total. The summed E-state index contributed by atoms with van der Waals surface area (Å²) in [5, 5.41) is 9.13. The fourth-order valence-corrected chi connectivity index (χ4v) is 2.27. The number of nitrogens with two attached hydrogens (primary N) is 1. The predicted octanol–water partition coefficient (Wildman–Crippen LogP) is 2.20. The summed E-state index contributed by atoms with van der Waals surface area (Å²) in [6.45, 7) is 2.65. The second kappa shape index (κ2) is 5.16. The maximum atomic E-state index is 9.13. The number of aliphatic hydroxyl groups is 1. The zero-order chi connectivity index (χ0) is 12.4. The molecule has 0 aliphatic carbocycles. The van der Waals surface area contributed by atoms with Crippen LogP contribution in [-0.2, 0) is 6.54 Å². The molecular formula is C12H16BrN3O. The molecule has 0 saturated carbocycles. The standard InChI is InChI=1S/C12H16BrN3O/c1-2-9(14)12-15-10-7-8(13)3-4-11(10)16(12)5-6-17/h3-4,7,9,17H,2,5-6,14H2,1H3. The smallest absolute Gasteiger partial charge is 0.126 e. The van der Waals surface area contributed by atoms with E-state index in [2.05, 4.69) is 20.9 Å². The van der Waals surface area contributed by atoms with Gasteiger partial charge < -0.3 is 15.4 Å². The second-order valence-electron chi connectivity index (χ2n) is 3.99. The van der Waals surface area contributed by atoms with E-state index >= 15 is 0 Å². The van der Waals surface area contributed by atoms with Crippen LogP contribution >= 0.6 is 15.9 Å². The minimum absolute atomic E-state index is 0.0883. The summed E-state index contributed by atoms with van der Waals surface area (Å²) in [7, 11) is 0. The number of nitrogens with zero attached hydrogens (tertiary/aromatic N) is 2. The van der Waals surface area contributed by atoms with Crippen molar-refractivity contribution in [3.05, 3.63) is 28.5 Å². The molecule has 3 N–H and O–H groups in total. The molecule has 1 aromatic carbocycles. The van der Waals surface area contributed by atoms with Gasteiger partial charge in [0.05, 0.1) is 23.7 Å².